The first-order valence-corrected chi connectivity index (χ1v) is 8.09. The van der Waals surface area contributed by atoms with E-state index in [1.807, 2.05) is 0 Å². The van der Waals surface area contributed by atoms with Gasteiger partial charge in [0.25, 0.3) is 0 Å². The van der Waals surface area contributed by atoms with Crippen LogP contribution in [0.25, 0.3) is 0 Å². The van der Waals surface area contributed by atoms with E-state index in [2.05, 4.69) is 10.1 Å². The molecule has 3 heterocycles. The lowest BCUT2D eigenvalue weighted by Crippen LogP contribution is -2.22. The van der Waals surface area contributed by atoms with E-state index in [9.17, 15) is 13.2 Å². The van der Waals surface area contributed by atoms with E-state index < -0.39 is 27.0 Å². The molecule has 19 heavy (non-hydrogen) atoms. The number of carboxylic acids is 1. The molecule has 104 valence electrons. The van der Waals surface area contributed by atoms with Gasteiger partial charge in [-0.05, 0) is 25.7 Å². The summed E-state index contributed by atoms with van der Waals surface area (Å²) in [4.78, 5) is 15.4. The molecule has 0 amide bonds. The predicted octanol–water partition coefficient (Wildman–Crippen LogP) is 0.490. The van der Waals surface area contributed by atoms with E-state index in [-0.39, 0.29) is 11.6 Å². The number of aryl methyl sites for hydroxylation is 1. The Kier molecular flexibility index (Phi) is 2.84. The number of hydrogen-bond donors (Lipinski definition) is 1. The van der Waals surface area contributed by atoms with Crippen molar-refractivity contribution in [3.63, 3.8) is 0 Å². The van der Waals surface area contributed by atoms with E-state index in [0.717, 1.165) is 6.42 Å². The van der Waals surface area contributed by atoms with E-state index in [1.165, 1.54) is 0 Å². The Bertz CT molecular complexity index is 622. The molecule has 0 saturated carbocycles. The highest BCUT2D eigenvalue weighted by molar-refractivity contribution is 7.91. The Morgan fingerprint density at radius 2 is 2.11 bits per heavy atom. The second-order valence-electron chi connectivity index (χ2n) is 5.08. The lowest BCUT2D eigenvalue weighted by atomic mass is 10.00. The molecule has 0 radical (unpaired) electrons. The number of sulfone groups is 1. The van der Waals surface area contributed by atoms with E-state index in [0.29, 0.717) is 31.6 Å². The highest BCUT2D eigenvalue weighted by atomic mass is 32.2. The number of carbonyl (C=O) groups is 1. The van der Waals surface area contributed by atoms with Crippen molar-refractivity contribution in [3.05, 3.63) is 11.6 Å². The van der Waals surface area contributed by atoms with E-state index in [4.69, 9.17) is 5.11 Å². The molecule has 7 nitrogen and oxygen atoms in total. The third-order valence-electron chi connectivity index (χ3n) is 3.81. The molecule has 2 aliphatic rings. The number of carboxylic acid groups (broad SMARTS) is 1. The normalized spacial score (nSPS) is 29.1. The average molecular weight is 285 g/mol. The third-order valence-corrected chi connectivity index (χ3v) is 5.98. The topological polar surface area (TPSA) is 102 Å². The van der Waals surface area contributed by atoms with Gasteiger partial charge in [-0.15, -0.1) is 0 Å². The van der Waals surface area contributed by atoms with Crippen LogP contribution in [-0.4, -0.2) is 40.0 Å². The van der Waals surface area contributed by atoms with Crippen LogP contribution in [0, 0.1) is 0 Å². The summed E-state index contributed by atoms with van der Waals surface area (Å²) >= 11 is 0. The van der Waals surface area contributed by atoms with Gasteiger partial charge in [0.15, 0.2) is 15.7 Å². The summed E-state index contributed by atoms with van der Waals surface area (Å²) in [7, 11) is -3.16. The van der Waals surface area contributed by atoms with Gasteiger partial charge in [-0.25, -0.2) is 18.1 Å². The minimum absolute atomic E-state index is 0.171. The zero-order valence-electron chi connectivity index (χ0n) is 10.3. The van der Waals surface area contributed by atoms with Crippen molar-refractivity contribution in [2.75, 3.05) is 5.75 Å². The molecule has 0 spiro atoms. The smallest absolute Gasteiger partial charge is 0.314 e. The minimum Gasteiger partial charge on any atom is -0.481 e. The molecule has 0 aromatic carbocycles. The van der Waals surface area contributed by atoms with Crippen molar-refractivity contribution in [2.24, 2.45) is 0 Å². The fourth-order valence-electron chi connectivity index (χ4n) is 2.82. The number of fused-ring (bicyclic) bond motifs is 1. The second kappa shape index (κ2) is 4.29. The molecule has 8 heteroatoms. The van der Waals surface area contributed by atoms with Crippen LogP contribution in [0.4, 0.5) is 0 Å². The van der Waals surface area contributed by atoms with E-state index >= 15 is 0 Å². The van der Waals surface area contributed by atoms with Crippen molar-refractivity contribution in [3.8, 4) is 0 Å². The fraction of sp³-hybridized carbons (Fsp3) is 0.727. The maximum absolute atomic E-state index is 11.9. The zero-order chi connectivity index (χ0) is 13.6. The zero-order valence-corrected chi connectivity index (χ0v) is 11.1. The van der Waals surface area contributed by atoms with Crippen LogP contribution in [0.3, 0.4) is 0 Å². The Balaban J connectivity index is 2.00. The standard InChI is InChI=1S/C11H15N3O4S/c15-11(16)7-3-1-5-14-10(7)12-9(13-14)8-4-2-6-19(8,17)18/h7-8H,1-6H2,(H,15,16). The van der Waals surface area contributed by atoms with Gasteiger partial charge in [-0.3, -0.25) is 4.79 Å². The molecule has 2 aliphatic heterocycles. The number of rotatable bonds is 2. The van der Waals surface area contributed by atoms with Gasteiger partial charge in [-0.2, -0.15) is 5.10 Å². The first-order valence-electron chi connectivity index (χ1n) is 6.38. The summed E-state index contributed by atoms with van der Waals surface area (Å²) in [5.41, 5.74) is 0. The van der Waals surface area contributed by atoms with Gasteiger partial charge in [-0.1, -0.05) is 0 Å². The molecular formula is C11H15N3O4S. The lowest BCUT2D eigenvalue weighted by molar-refractivity contribution is -0.139. The molecule has 2 unspecified atom stereocenters. The number of hydrogen-bond acceptors (Lipinski definition) is 5. The first kappa shape index (κ1) is 12.6. The molecular weight excluding hydrogens is 270 g/mol. The number of nitrogens with zero attached hydrogens (tertiary/aromatic N) is 3. The monoisotopic (exact) mass is 285 g/mol. The second-order valence-corrected chi connectivity index (χ2v) is 7.39. The summed E-state index contributed by atoms with van der Waals surface area (Å²) in [6.45, 7) is 0.610. The minimum atomic E-state index is -3.16. The summed E-state index contributed by atoms with van der Waals surface area (Å²) < 4.78 is 25.3. The molecule has 2 atom stereocenters. The van der Waals surface area contributed by atoms with Crippen LogP contribution in [0.15, 0.2) is 0 Å². The van der Waals surface area contributed by atoms with Crippen LogP contribution in [0.5, 0.6) is 0 Å². The van der Waals surface area contributed by atoms with Crippen LogP contribution < -0.4 is 0 Å². The van der Waals surface area contributed by atoms with Crippen LogP contribution >= 0.6 is 0 Å². The molecule has 1 fully saturated rings. The van der Waals surface area contributed by atoms with Crippen LogP contribution in [0.1, 0.15) is 48.5 Å². The van der Waals surface area contributed by atoms with Gasteiger partial charge >= 0.3 is 5.97 Å². The summed E-state index contributed by atoms with van der Waals surface area (Å²) in [5.74, 6) is -0.742. The summed E-state index contributed by atoms with van der Waals surface area (Å²) in [6.07, 6.45) is 2.41. The molecule has 1 N–H and O–H groups in total. The average Bonchev–Trinajstić information content (AvgIpc) is 2.90. The summed E-state index contributed by atoms with van der Waals surface area (Å²) in [6, 6.07) is 0. The molecule has 1 aromatic rings. The largest absolute Gasteiger partial charge is 0.481 e. The van der Waals surface area contributed by atoms with Crippen molar-refractivity contribution in [1.29, 1.82) is 0 Å². The maximum Gasteiger partial charge on any atom is 0.314 e. The SMILES string of the molecule is O=C(O)C1CCCn2nc(C3CCCS3(=O)=O)nc21. The Morgan fingerprint density at radius 1 is 1.32 bits per heavy atom. The number of aromatic nitrogens is 3. The van der Waals surface area contributed by atoms with Gasteiger partial charge < -0.3 is 5.11 Å². The van der Waals surface area contributed by atoms with E-state index in [1.54, 1.807) is 4.68 Å². The molecule has 1 aromatic heterocycles. The Morgan fingerprint density at radius 3 is 2.74 bits per heavy atom. The van der Waals surface area contributed by atoms with Crippen LogP contribution in [-0.2, 0) is 21.2 Å². The highest BCUT2D eigenvalue weighted by Crippen LogP contribution is 2.34. The Labute approximate surface area is 110 Å². The first-order chi connectivity index (χ1) is 8.99. The van der Waals surface area contributed by atoms with Crippen molar-refractivity contribution < 1.29 is 18.3 Å². The van der Waals surface area contributed by atoms with Crippen molar-refractivity contribution >= 4 is 15.8 Å². The third kappa shape index (κ3) is 2.03. The lowest BCUT2D eigenvalue weighted by Gasteiger charge is -2.17. The Hall–Kier alpha value is -1.44. The van der Waals surface area contributed by atoms with Crippen molar-refractivity contribution in [1.82, 2.24) is 14.8 Å². The highest BCUT2D eigenvalue weighted by Gasteiger charge is 2.38. The molecule has 0 aliphatic carbocycles. The summed E-state index contributed by atoms with van der Waals surface area (Å²) in [5, 5.41) is 12.7. The van der Waals surface area contributed by atoms with Gasteiger partial charge in [0.2, 0.25) is 0 Å². The van der Waals surface area contributed by atoms with Gasteiger partial charge in [0.05, 0.1) is 5.75 Å². The molecule has 3 rings (SSSR count). The maximum atomic E-state index is 11.9. The molecule has 1 saturated heterocycles. The number of aliphatic carboxylic acids is 1. The van der Waals surface area contributed by atoms with Crippen LogP contribution in [0.2, 0.25) is 0 Å². The van der Waals surface area contributed by atoms with Gasteiger partial charge in [0, 0.05) is 6.54 Å². The van der Waals surface area contributed by atoms with Crippen molar-refractivity contribution in [2.45, 2.75) is 43.4 Å². The fourth-order valence-corrected chi connectivity index (χ4v) is 4.62. The quantitative estimate of drug-likeness (QED) is 0.848. The molecule has 0 bridgehead atoms. The van der Waals surface area contributed by atoms with Gasteiger partial charge in [0.1, 0.15) is 17.0 Å². The predicted molar refractivity (Wildman–Crippen MR) is 65.4 cm³/mol.